The Morgan fingerprint density at radius 1 is 1.44 bits per heavy atom. The molecule has 0 aliphatic carbocycles. The predicted molar refractivity (Wildman–Crippen MR) is 74.4 cm³/mol. The van der Waals surface area contributed by atoms with Gasteiger partial charge in [-0.1, -0.05) is 22.0 Å². The maximum Gasteiger partial charge on any atom is 0.210 e. The van der Waals surface area contributed by atoms with E-state index in [0.717, 1.165) is 16.4 Å². The summed E-state index contributed by atoms with van der Waals surface area (Å²) in [6.45, 7) is 6.70. The zero-order valence-corrected chi connectivity index (χ0v) is 12.5. The number of nitrogens with zero attached hydrogens (tertiary/aromatic N) is 1. The molecule has 0 saturated carbocycles. The van der Waals surface area contributed by atoms with Gasteiger partial charge < -0.3 is 9.64 Å². The van der Waals surface area contributed by atoms with Gasteiger partial charge in [-0.05, 0) is 44.0 Å². The van der Waals surface area contributed by atoms with Crippen molar-refractivity contribution in [3.05, 3.63) is 33.8 Å². The lowest BCUT2D eigenvalue weighted by Gasteiger charge is -2.42. The first kappa shape index (κ1) is 13.6. The third kappa shape index (κ3) is 2.45. The molecule has 1 unspecified atom stereocenters. The Hall–Kier alpha value is -0.870. The predicted octanol–water partition coefficient (Wildman–Crippen LogP) is 3.06. The van der Waals surface area contributed by atoms with Gasteiger partial charge in [-0.15, -0.1) is 0 Å². The fourth-order valence-electron chi connectivity index (χ4n) is 2.53. The number of morpholine rings is 1. The second kappa shape index (κ2) is 5.41. The molecule has 0 radical (unpaired) electrons. The lowest BCUT2D eigenvalue weighted by molar-refractivity contribution is -0.140. The highest BCUT2D eigenvalue weighted by Gasteiger charge is 2.33. The fraction of sp³-hybridized carbons (Fsp3) is 0.500. The van der Waals surface area contributed by atoms with Crippen LogP contribution in [0.15, 0.2) is 22.7 Å². The highest BCUT2D eigenvalue weighted by molar-refractivity contribution is 9.10. The molecule has 0 bridgehead atoms. The Morgan fingerprint density at radius 2 is 2.17 bits per heavy atom. The van der Waals surface area contributed by atoms with E-state index >= 15 is 0 Å². The highest BCUT2D eigenvalue weighted by atomic mass is 79.9. The molecule has 2 rings (SSSR count). The van der Waals surface area contributed by atoms with Gasteiger partial charge in [0, 0.05) is 4.47 Å². The first-order valence-corrected chi connectivity index (χ1v) is 6.94. The molecule has 1 aliphatic heterocycles. The van der Waals surface area contributed by atoms with Gasteiger partial charge in [0.05, 0.1) is 18.7 Å². The van der Waals surface area contributed by atoms with E-state index in [9.17, 15) is 4.79 Å². The molecule has 1 fully saturated rings. The van der Waals surface area contributed by atoms with Crippen LogP contribution in [-0.2, 0) is 9.53 Å². The summed E-state index contributed by atoms with van der Waals surface area (Å²) < 4.78 is 6.99. The van der Waals surface area contributed by atoms with Gasteiger partial charge in [0.15, 0.2) is 0 Å². The molecule has 0 N–H and O–H groups in total. The summed E-state index contributed by atoms with van der Waals surface area (Å²) in [6, 6.07) is 6.37. The third-order valence-corrected chi connectivity index (χ3v) is 4.09. The molecule has 0 spiro atoms. The first-order valence-electron chi connectivity index (χ1n) is 6.15. The lowest BCUT2D eigenvalue weighted by Crippen LogP contribution is -2.50. The summed E-state index contributed by atoms with van der Waals surface area (Å²) in [5.74, 6) is 0. The van der Waals surface area contributed by atoms with Gasteiger partial charge in [-0.3, -0.25) is 4.79 Å². The summed E-state index contributed by atoms with van der Waals surface area (Å²) in [5.41, 5.74) is 2.34. The molecule has 1 amide bonds. The highest BCUT2D eigenvalue weighted by Crippen LogP contribution is 2.32. The summed E-state index contributed by atoms with van der Waals surface area (Å²) in [4.78, 5) is 13.0. The normalized spacial score (nSPS) is 28.2. The van der Waals surface area contributed by atoms with Crippen LogP contribution in [0.4, 0.5) is 0 Å². The largest absolute Gasteiger partial charge is 0.369 e. The number of ether oxygens (including phenoxy) is 1. The van der Waals surface area contributed by atoms with E-state index in [1.807, 2.05) is 24.8 Å². The Labute approximate surface area is 116 Å². The van der Waals surface area contributed by atoms with Crippen molar-refractivity contribution >= 4 is 22.3 Å². The Morgan fingerprint density at radius 3 is 2.78 bits per heavy atom. The molecular weight excluding hydrogens is 294 g/mol. The van der Waals surface area contributed by atoms with E-state index in [1.165, 1.54) is 5.56 Å². The molecule has 1 heterocycles. The zero-order chi connectivity index (χ0) is 13.3. The lowest BCUT2D eigenvalue weighted by atomic mass is 9.95. The van der Waals surface area contributed by atoms with E-state index in [2.05, 4.69) is 35.0 Å². The van der Waals surface area contributed by atoms with E-state index in [0.29, 0.717) is 6.61 Å². The van der Waals surface area contributed by atoms with Gasteiger partial charge >= 0.3 is 0 Å². The molecule has 3 atom stereocenters. The van der Waals surface area contributed by atoms with E-state index in [4.69, 9.17) is 4.74 Å². The minimum atomic E-state index is -0.0421. The van der Waals surface area contributed by atoms with Crippen molar-refractivity contribution in [3.63, 3.8) is 0 Å². The molecule has 4 heteroatoms. The molecular formula is C14H18BrNO2. The number of carbonyl (C=O) groups is 1. The van der Waals surface area contributed by atoms with Crippen LogP contribution in [0.3, 0.4) is 0 Å². The standard InChI is InChI=1S/C14H18BrNO2/c1-9-6-12(15)4-5-13(9)14-11(3)16(8-17)10(2)7-18-14/h4-6,8,10-11,14H,7H2,1-3H3/t10?,11-,14-/m0/s1. The van der Waals surface area contributed by atoms with E-state index in [1.54, 1.807) is 0 Å². The van der Waals surface area contributed by atoms with Crippen molar-refractivity contribution in [2.75, 3.05) is 6.61 Å². The SMILES string of the molecule is Cc1cc(Br)ccc1[C@H]1OCC(C)N(C=O)[C@H]1C. The average molecular weight is 312 g/mol. The number of halogens is 1. The second-order valence-electron chi connectivity index (χ2n) is 4.90. The number of hydrogen-bond acceptors (Lipinski definition) is 2. The number of rotatable bonds is 2. The van der Waals surface area contributed by atoms with Crippen molar-refractivity contribution in [1.29, 1.82) is 0 Å². The summed E-state index contributed by atoms with van der Waals surface area (Å²) in [5, 5.41) is 0. The quantitative estimate of drug-likeness (QED) is 0.786. The van der Waals surface area contributed by atoms with Crippen molar-refractivity contribution in [3.8, 4) is 0 Å². The first-order chi connectivity index (χ1) is 8.54. The van der Waals surface area contributed by atoms with Crippen LogP contribution in [0.2, 0.25) is 0 Å². The topological polar surface area (TPSA) is 29.5 Å². The van der Waals surface area contributed by atoms with Crippen LogP contribution < -0.4 is 0 Å². The minimum Gasteiger partial charge on any atom is -0.369 e. The molecule has 1 aromatic carbocycles. The van der Waals surface area contributed by atoms with Crippen LogP contribution in [0.1, 0.15) is 31.1 Å². The van der Waals surface area contributed by atoms with E-state index < -0.39 is 0 Å². The molecule has 0 aromatic heterocycles. The zero-order valence-electron chi connectivity index (χ0n) is 10.9. The van der Waals surface area contributed by atoms with Crippen molar-refractivity contribution in [1.82, 2.24) is 4.90 Å². The molecule has 3 nitrogen and oxygen atoms in total. The van der Waals surface area contributed by atoms with Crippen LogP contribution in [0.25, 0.3) is 0 Å². The van der Waals surface area contributed by atoms with Crippen LogP contribution in [0.5, 0.6) is 0 Å². The van der Waals surface area contributed by atoms with Crippen LogP contribution in [-0.4, -0.2) is 30.0 Å². The average Bonchev–Trinajstić information content (AvgIpc) is 2.31. The van der Waals surface area contributed by atoms with Gasteiger partial charge in [-0.25, -0.2) is 0 Å². The minimum absolute atomic E-state index is 0.0421. The Balaban J connectivity index is 2.30. The number of aryl methyl sites for hydroxylation is 1. The second-order valence-corrected chi connectivity index (χ2v) is 5.81. The number of carbonyl (C=O) groups excluding carboxylic acids is 1. The van der Waals surface area contributed by atoms with Crippen LogP contribution in [0, 0.1) is 6.92 Å². The number of benzene rings is 1. The molecule has 1 saturated heterocycles. The van der Waals surface area contributed by atoms with Gasteiger partial charge in [0.2, 0.25) is 6.41 Å². The molecule has 1 aliphatic rings. The maximum atomic E-state index is 11.2. The Bertz CT molecular complexity index is 449. The van der Waals surface area contributed by atoms with Crippen molar-refractivity contribution in [2.45, 2.75) is 39.0 Å². The van der Waals surface area contributed by atoms with Gasteiger partial charge in [-0.2, -0.15) is 0 Å². The van der Waals surface area contributed by atoms with Gasteiger partial charge in [0.25, 0.3) is 0 Å². The number of amides is 1. The fourth-order valence-corrected chi connectivity index (χ4v) is 3.01. The van der Waals surface area contributed by atoms with E-state index in [-0.39, 0.29) is 18.2 Å². The Kier molecular flexibility index (Phi) is 4.07. The molecule has 18 heavy (non-hydrogen) atoms. The smallest absolute Gasteiger partial charge is 0.210 e. The third-order valence-electron chi connectivity index (χ3n) is 3.59. The molecule has 1 aromatic rings. The van der Waals surface area contributed by atoms with Gasteiger partial charge in [0.1, 0.15) is 6.10 Å². The monoisotopic (exact) mass is 311 g/mol. The summed E-state index contributed by atoms with van der Waals surface area (Å²) >= 11 is 3.46. The molecule has 98 valence electrons. The van der Waals surface area contributed by atoms with Crippen molar-refractivity contribution in [2.24, 2.45) is 0 Å². The summed E-state index contributed by atoms with van der Waals surface area (Å²) in [6.07, 6.45) is 0.887. The van der Waals surface area contributed by atoms with Crippen LogP contribution >= 0.6 is 15.9 Å². The summed E-state index contributed by atoms with van der Waals surface area (Å²) in [7, 11) is 0. The maximum absolute atomic E-state index is 11.2. The number of hydrogen-bond donors (Lipinski definition) is 0. The van der Waals surface area contributed by atoms with Crippen molar-refractivity contribution < 1.29 is 9.53 Å².